The average Bonchev–Trinajstić information content (AvgIpc) is 2.22. The quantitative estimate of drug-likeness (QED) is 0.780. The van der Waals surface area contributed by atoms with Crippen molar-refractivity contribution in [2.75, 3.05) is 0 Å². The lowest BCUT2D eigenvalue weighted by atomic mass is 9.95. The summed E-state index contributed by atoms with van der Waals surface area (Å²) < 4.78 is 39.6. The highest BCUT2D eigenvalue weighted by molar-refractivity contribution is 8.00. The first kappa shape index (κ1) is 13.3. The molecule has 0 unspecified atom stereocenters. The lowest BCUT2D eigenvalue weighted by molar-refractivity contribution is -0.274. The molecular weight excluding hydrogens is 265 g/mol. The molecule has 0 fully saturated rings. The fourth-order valence-electron chi connectivity index (χ4n) is 1.74. The van der Waals surface area contributed by atoms with E-state index in [0.717, 1.165) is 5.56 Å². The van der Waals surface area contributed by atoms with Crippen molar-refractivity contribution < 1.29 is 22.7 Å². The highest BCUT2D eigenvalue weighted by Gasteiger charge is 2.36. The number of benzene rings is 1. The maximum Gasteiger partial charge on any atom is 0.573 e. The third kappa shape index (κ3) is 2.63. The summed E-state index contributed by atoms with van der Waals surface area (Å²) in [6.07, 6.45) is -4.74. The number of carbonyl (C=O) groups is 1. The predicted octanol–water partition coefficient (Wildman–Crippen LogP) is 3.79. The topological polar surface area (TPSA) is 26.3 Å². The van der Waals surface area contributed by atoms with E-state index in [9.17, 15) is 18.0 Å². The summed E-state index contributed by atoms with van der Waals surface area (Å²) in [5, 5.41) is 0. The molecule has 0 N–H and O–H groups in total. The Bertz CT molecular complexity index is 495. The van der Waals surface area contributed by atoms with Crippen LogP contribution in [0.2, 0.25) is 0 Å². The van der Waals surface area contributed by atoms with Crippen molar-refractivity contribution in [2.45, 2.75) is 30.7 Å². The van der Waals surface area contributed by atoms with Crippen molar-refractivity contribution >= 4 is 17.5 Å². The monoisotopic (exact) mass is 276 g/mol. The second-order valence-electron chi connectivity index (χ2n) is 4.49. The summed E-state index contributed by atoms with van der Waals surface area (Å²) in [6, 6.07) is 3.92. The van der Waals surface area contributed by atoms with Gasteiger partial charge < -0.3 is 4.74 Å². The van der Waals surface area contributed by atoms with Crippen LogP contribution in [-0.4, -0.2) is 16.9 Å². The molecule has 18 heavy (non-hydrogen) atoms. The number of alkyl halides is 3. The second-order valence-corrected chi connectivity index (χ2v) is 6.09. The van der Waals surface area contributed by atoms with E-state index in [0.29, 0.717) is 11.3 Å². The van der Waals surface area contributed by atoms with Crippen LogP contribution >= 0.6 is 11.8 Å². The van der Waals surface area contributed by atoms with Gasteiger partial charge >= 0.3 is 6.36 Å². The number of hydrogen-bond acceptors (Lipinski definition) is 3. The van der Waals surface area contributed by atoms with Crippen LogP contribution < -0.4 is 4.74 Å². The number of rotatable bonds is 1. The van der Waals surface area contributed by atoms with Crippen LogP contribution in [0.4, 0.5) is 13.2 Å². The fourth-order valence-corrected chi connectivity index (χ4v) is 2.75. The number of Topliss-reactive ketones (excluding diaryl/α,β-unsaturated/α-hetero) is 1. The molecule has 0 spiro atoms. The number of halogens is 3. The van der Waals surface area contributed by atoms with Gasteiger partial charge in [-0.1, -0.05) is 6.07 Å². The predicted molar refractivity (Wildman–Crippen MR) is 62.8 cm³/mol. The molecule has 0 saturated carbocycles. The Kier molecular flexibility index (Phi) is 3.09. The van der Waals surface area contributed by atoms with E-state index < -0.39 is 11.1 Å². The maximum absolute atomic E-state index is 12.1. The third-order valence-electron chi connectivity index (χ3n) is 2.69. The van der Waals surface area contributed by atoms with Gasteiger partial charge in [-0.2, -0.15) is 0 Å². The summed E-state index contributed by atoms with van der Waals surface area (Å²) in [5.41, 5.74) is 1.07. The van der Waals surface area contributed by atoms with Gasteiger partial charge in [0.2, 0.25) is 0 Å². The minimum Gasteiger partial charge on any atom is -0.406 e. The van der Waals surface area contributed by atoms with E-state index in [4.69, 9.17) is 0 Å². The van der Waals surface area contributed by atoms with E-state index in [2.05, 4.69) is 4.74 Å². The van der Waals surface area contributed by atoms with Crippen LogP contribution in [0.5, 0.6) is 5.75 Å². The zero-order valence-corrected chi connectivity index (χ0v) is 10.6. The SMILES string of the molecule is CC1(C)SCc2ccc(OC(F)(F)F)cc2C1=O. The minimum absolute atomic E-state index is 0.165. The first-order chi connectivity index (χ1) is 8.19. The molecule has 0 amide bonds. The zero-order valence-electron chi connectivity index (χ0n) is 9.80. The molecule has 6 heteroatoms. The van der Waals surface area contributed by atoms with Gasteiger partial charge in [-0.25, -0.2) is 0 Å². The van der Waals surface area contributed by atoms with Crippen LogP contribution in [0.15, 0.2) is 18.2 Å². The molecule has 1 aliphatic heterocycles. The van der Waals surface area contributed by atoms with Gasteiger partial charge in [-0.15, -0.1) is 24.9 Å². The normalized spacial score (nSPS) is 18.4. The first-order valence-electron chi connectivity index (χ1n) is 5.26. The zero-order chi connectivity index (χ0) is 13.6. The van der Waals surface area contributed by atoms with Gasteiger partial charge in [0.15, 0.2) is 5.78 Å². The van der Waals surface area contributed by atoms with Crippen LogP contribution in [0.3, 0.4) is 0 Å². The molecule has 0 bridgehead atoms. The van der Waals surface area contributed by atoms with Gasteiger partial charge in [0, 0.05) is 11.3 Å². The van der Waals surface area contributed by atoms with Crippen molar-refractivity contribution in [2.24, 2.45) is 0 Å². The molecule has 0 aliphatic carbocycles. The van der Waals surface area contributed by atoms with E-state index in [1.807, 2.05) is 0 Å². The lowest BCUT2D eigenvalue weighted by Crippen LogP contribution is -2.32. The third-order valence-corrected chi connectivity index (χ3v) is 4.06. The Balaban J connectivity index is 2.37. The molecule has 2 rings (SSSR count). The molecule has 0 saturated heterocycles. The van der Waals surface area contributed by atoms with E-state index in [1.165, 1.54) is 30.0 Å². The smallest absolute Gasteiger partial charge is 0.406 e. The van der Waals surface area contributed by atoms with Gasteiger partial charge in [-0.3, -0.25) is 4.79 Å². The van der Waals surface area contributed by atoms with E-state index >= 15 is 0 Å². The van der Waals surface area contributed by atoms with Crippen LogP contribution in [0.25, 0.3) is 0 Å². The number of carbonyl (C=O) groups excluding carboxylic acids is 1. The van der Waals surface area contributed by atoms with Crippen LogP contribution in [0.1, 0.15) is 29.8 Å². The number of ketones is 1. The number of ether oxygens (including phenoxy) is 1. The summed E-state index contributed by atoms with van der Waals surface area (Å²) in [7, 11) is 0. The second kappa shape index (κ2) is 4.19. The van der Waals surface area contributed by atoms with Crippen molar-refractivity contribution in [3.8, 4) is 5.75 Å². The molecule has 0 atom stereocenters. The number of thioether (sulfide) groups is 1. The van der Waals surface area contributed by atoms with Crippen LogP contribution in [0, 0.1) is 0 Å². The minimum atomic E-state index is -4.74. The van der Waals surface area contributed by atoms with Crippen LogP contribution in [-0.2, 0) is 5.75 Å². The molecule has 1 aliphatic rings. The number of fused-ring (bicyclic) bond motifs is 1. The Morgan fingerprint density at radius 2 is 2.00 bits per heavy atom. The molecule has 1 aromatic rings. The summed E-state index contributed by atoms with van der Waals surface area (Å²) in [5.74, 6) is 0.0964. The van der Waals surface area contributed by atoms with Crippen molar-refractivity contribution in [1.29, 1.82) is 0 Å². The Labute approximate surface area is 107 Å². The summed E-state index contributed by atoms with van der Waals surface area (Å²) in [6.45, 7) is 3.53. The molecule has 1 heterocycles. The van der Waals surface area contributed by atoms with Crippen molar-refractivity contribution in [1.82, 2.24) is 0 Å². The largest absolute Gasteiger partial charge is 0.573 e. The van der Waals surface area contributed by atoms with Crippen molar-refractivity contribution in [3.05, 3.63) is 29.3 Å². The van der Waals surface area contributed by atoms with E-state index in [1.54, 1.807) is 13.8 Å². The van der Waals surface area contributed by atoms with Gasteiger partial charge in [0.1, 0.15) is 5.75 Å². The van der Waals surface area contributed by atoms with Gasteiger partial charge in [0.25, 0.3) is 0 Å². The highest BCUT2D eigenvalue weighted by Crippen LogP contribution is 2.39. The number of hydrogen-bond donors (Lipinski definition) is 0. The molecule has 1 aromatic carbocycles. The molecule has 0 radical (unpaired) electrons. The summed E-state index contributed by atoms with van der Waals surface area (Å²) in [4.78, 5) is 12.1. The summed E-state index contributed by atoms with van der Waals surface area (Å²) >= 11 is 1.48. The van der Waals surface area contributed by atoms with Gasteiger partial charge in [0.05, 0.1) is 4.75 Å². The highest BCUT2D eigenvalue weighted by atomic mass is 32.2. The Morgan fingerprint density at radius 1 is 1.33 bits per heavy atom. The Hall–Kier alpha value is -1.17. The maximum atomic E-state index is 12.1. The molecule has 0 aromatic heterocycles. The average molecular weight is 276 g/mol. The Morgan fingerprint density at radius 3 is 2.61 bits per heavy atom. The molecule has 98 valence electrons. The van der Waals surface area contributed by atoms with E-state index in [-0.39, 0.29) is 11.5 Å². The molecular formula is C12H11F3O2S. The first-order valence-corrected chi connectivity index (χ1v) is 6.25. The lowest BCUT2D eigenvalue weighted by Gasteiger charge is -2.29. The fraction of sp³-hybridized carbons (Fsp3) is 0.417. The standard InChI is InChI=1S/C12H11F3O2S/c1-11(2)10(16)9-5-8(17-12(13,14)15)4-3-7(9)6-18-11/h3-5H,6H2,1-2H3. The molecule has 2 nitrogen and oxygen atoms in total. The van der Waals surface area contributed by atoms with Crippen molar-refractivity contribution in [3.63, 3.8) is 0 Å². The van der Waals surface area contributed by atoms with Gasteiger partial charge in [-0.05, 0) is 31.5 Å².